The van der Waals surface area contributed by atoms with E-state index in [1.807, 2.05) is 0 Å². The van der Waals surface area contributed by atoms with Gasteiger partial charge in [0.1, 0.15) is 5.82 Å². The highest BCUT2D eigenvalue weighted by Crippen LogP contribution is 2.12. The van der Waals surface area contributed by atoms with Gasteiger partial charge in [-0.25, -0.2) is 4.39 Å². The Balaban J connectivity index is 0.00000180. The summed E-state index contributed by atoms with van der Waals surface area (Å²) in [7, 11) is 0. The van der Waals surface area contributed by atoms with Gasteiger partial charge in [-0.05, 0) is 30.5 Å². The average molecular weight is 287 g/mol. The van der Waals surface area contributed by atoms with Crippen LogP contribution >= 0.6 is 12.4 Å². The summed E-state index contributed by atoms with van der Waals surface area (Å²) in [6.45, 7) is 3.93. The number of amides is 1. The van der Waals surface area contributed by atoms with Crippen molar-refractivity contribution in [1.29, 1.82) is 0 Å². The van der Waals surface area contributed by atoms with E-state index < -0.39 is 0 Å². The molecule has 5 heteroatoms. The minimum atomic E-state index is -0.317. The third-order valence-electron chi connectivity index (χ3n) is 3.48. The van der Waals surface area contributed by atoms with E-state index in [4.69, 9.17) is 0 Å². The summed E-state index contributed by atoms with van der Waals surface area (Å²) in [5.41, 5.74) is 0.450. The number of hydrogen-bond acceptors (Lipinski definition) is 2. The molecule has 2 atom stereocenters. The van der Waals surface area contributed by atoms with Gasteiger partial charge in [0.05, 0.1) is 6.42 Å². The topological polar surface area (TPSA) is 41.1 Å². The fourth-order valence-electron chi connectivity index (χ4n) is 2.26. The third-order valence-corrected chi connectivity index (χ3v) is 3.48. The number of rotatable bonds is 3. The van der Waals surface area contributed by atoms with Gasteiger partial charge in [-0.1, -0.05) is 25.1 Å². The number of nitrogens with one attached hydrogen (secondary N) is 2. The Morgan fingerprint density at radius 1 is 1.47 bits per heavy atom. The van der Waals surface area contributed by atoms with Gasteiger partial charge in [0.25, 0.3) is 0 Å². The minimum absolute atomic E-state index is 0. The van der Waals surface area contributed by atoms with Crippen molar-refractivity contribution in [2.75, 3.05) is 13.1 Å². The molecule has 0 radical (unpaired) electrons. The van der Waals surface area contributed by atoms with Crippen LogP contribution in [0.3, 0.4) is 0 Å². The Kier molecular flexibility index (Phi) is 6.25. The zero-order chi connectivity index (χ0) is 13.0. The molecule has 1 heterocycles. The van der Waals surface area contributed by atoms with Crippen LogP contribution in [-0.4, -0.2) is 25.0 Å². The Labute approximate surface area is 119 Å². The second-order valence-electron chi connectivity index (χ2n) is 4.91. The zero-order valence-corrected chi connectivity index (χ0v) is 11.8. The molecule has 2 N–H and O–H groups in total. The maximum absolute atomic E-state index is 13.4. The maximum Gasteiger partial charge on any atom is 0.224 e. The SMILES string of the molecule is CC1CCNCC1NC(=O)Cc1ccccc1F.Cl. The first kappa shape index (κ1) is 15.9. The van der Waals surface area contributed by atoms with Crippen LogP contribution in [0.2, 0.25) is 0 Å². The lowest BCUT2D eigenvalue weighted by atomic mass is 9.94. The standard InChI is InChI=1S/C14H19FN2O.ClH/c1-10-6-7-16-9-13(10)17-14(18)8-11-4-2-3-5-12(11)15;/h2-5,10,13,16H,6-9H2,1H3,(H,17,18);1H. The van der Waals surface area contributed by atoms with Crippen LogP contribution in [0.1, 0.15) is 18.9 Å². The molecule has 1 aliphatic rings. The summed E-state index contributed by atoms with van der Waals surface area (Å²) < 4.78 is 13.4. The summed E-state index contributed by atoms with van der Waals surface area (Å²) in [6.07, 6.45) is 1.17. The number of piperidine rings is 1. The normalized spacial score (nSPS) is 22.4. The van der Waals surface area contributed by atoms with E-state index in [2.05, 4.69) is 17.6 Å². The summed E-state index contributed by atoms with van der Waals surface area (Å²) in [4.78, 5) is 11.9. The quantitative estimate of drug-likeness (QED) is 0.891. The van der Waals surface area contributed by atoms with E-state index in [0.717, 1.165) is 19.5 Å². The van der Waals surface area contributed by atoms with Gasteiger partial charge >= 0.3 is 0 Å². The second-order valence-corrected chi connectivity index (χ2v) is 4.91. The summed E-state index contributed by atoms with van der Waals surface area (Å²) in [5, 5.41) is 6.23. The Morgan fingerprint density at radius 2 is 2.21 bits per heavy atom. The summed E-state index contributed by atoms with van der Waals surface area (Å²) in [5.74, 6) is 0.0407. The van der Waals surface area contributed by atoms with Crippen LogP contribution in [0.5, 0.6) is 0 Å². The Morgan fingerprint density at radius 3 is 2.89 bits per heavy atom. The van der Waals surface area contributed by atoms with Gasteiger partial charge < -0.3 is 10.6 Å². The van der Waals surface area contributed by atoms with Crippen molar-refractivity contribution in [3.63, 3.8) is 0 Å². The van der Waals surface area contributed by atoms with Crippen LogP contribution in [0.4, 0.5) is 4.39 Å². The highest BCUT2D eigenvalue weighted by Gasteiger charge is 2.22. The van der Waals surface area contributed by atoms with Crippen LogP contribution in [0.15, 0.2) is 24.3 Å². The molecule has 106 valence electrons. The molecule has 0 spiro atoms. The second kappa shape index (κ2) is 7.46. The van der Waals surface area contributed by atoms with Gasteiger partial charge in [-0.15, -0.1) is 12.4 Å². The number of carbonyl (C=O) groups is 1. The molecule has 19 heavy (non-hydrogen) atoms. The first-order valence-electron chi connectivity index (χ1n) is 6.40. The van der Waals surface area contributed by atoms with E-state index in [1.165, 1.54) is 6.07 Å². The van der Waals surface area contributed by atoms with Crippen LogP contribution in [0.25, 0.3) is 0 Å². The molecule has 0 bridgehead atoms. The fraction of sp³-hybridized carbons (Fsp3) is 0.500. The molecular weight excluding hydrogens is 267 g/mol. The molecular formula is C14H20ClFN2O. The predicted octanol–water partition coefficient (Wildman–Crippen LogP) is 1.90. The molecule has 0 aromatic heterocycles. The number of hydrogen-bond donors (Lipinski definition) is 2. The lowest BCUT2D eigenvalue weighted by molar-refractivity contribution is -0.121. The Bertz CT molecular complexity index is 428. The van der Waals surface area contributed by atoms with Crippen LogP contribution in [-0.2, 0) is 11.2 Å². The van der Waals surface area contributed by atoms with Gasteiger partial charge in [-0.3, -0.25) is 4.79 Å². The Hall–Kier alpha value is -1.13. The van der Waals surface area contributed by atoms with Crippen molar-refractivity contribution in [1.82, 2.24) is 10.6 Å². The van der Waals surface area contributed by atoms with Gasteiger partial charge in [-0.2, -0.15) is 0 Å². The van der Waals surface area contributed by atoms with Gasteiger partial charge in [0, 0.05) is 12.6 Å². The maximum atomic E-state index is 13.4. The smallest absolute Gasteiger partial charge is 0.224 e. The molecule has 1 amide bonds. The summed E-state index contributed by atoms with van der Waals surface area (Å²) in [6, 6.07) is 6.56. The van der Waals surface area contributed by atoms with Crippen molar-refractivity contribution in [3.8, 4) is 0 Å². The molecule has 2 unspecified atom stereocenters. The van der Waals surface area contributed by atoms with Crippen LogP contribution < -0.4 is 10.6 Å². The predicted molar refractivity (Wildman–Crippen MR) is 75.9 cm³/mol. The van der Waals surface area contributed by atoms with E-state index in [-0.39, 0.29) is 36.6 Å². The number of benzene rings is 1. The fourth-order valence-corrected chi connectivity index (χ4v) is 2.26. The zero-order valence-electron chi connectivity index (χ0n) is 11.0. The average Bonchev–Trinajstić information content (AvgIpc) is 2.35. The molecule has 3 nitrogen and oxygen atoms in total. The van der Waals surface area contributed by atoms with Crippen molar-refractivity contribution in [2.45, 2.75) is 25.8 Å². The lowest BCUT2D eigenvalue weighted by Gasteiger charge is -2.30. The van der Waals surface area contributed by atoms with Crippen molar-refractivity contribution in [2.24, 2.45) is 5.92 Å². The molecule has 1 aromatic rings. The van der Waals surface area contributed by atoms with Crippen molar-refractivity contribution >= 4 is 18.3 Å². The number of carbonyl (C=O) groups excluding carboxylic acids is 1. The molecule has 2 rings (SSSR count). The first-order chi connectivity index (χ1) is 8.66. The highest BCUT2D eigenvalue weighted by molar-refractivity contribution is 5.85. The minimum Gasteiger partial charge on any atom is -0.352 e. The summed E-state index contributed by atoms with van der Waals surface area (Å²) >= 11 is 0. The molecule has 0 aliphatic carbocycles. The molecule has 0 saturated carbocycles. The van der Waals surface area contributed by atoms with Gasteiger partial charge in [0.2, 0.25) is 5.91 Å². The van der Waals surface area contributed by atoms with Crippen LogP contribution in [0, 0.1) is 11.7 Å². The van der Waals surface area contributed by atoms with E-state index in [9.17, 15) is 9.18 Å². The van der Waals surface area contributed by atoms with Crippen molar-refractivity contribution < 1.29 is 9.18 Å². The molecule has 1 aliphatic heterocycles. The molecule has 1 fully saturated rings. The van der Waals surface area contributed by atoms with E-state index in [1.54, 1.807) is 18.2 Å². The third kappa shape index (κ3) is 4.48. The lowest BCUT2D eigenvalue weighted by Crippen LogP contribution is -2.50. The number of halogens is 2. The monoisotopic (exact) mass is 286 g/mol. The van der Waals surface area contributed by atoms with Crippen molar-refractivity contribution in [3.05, 3.63) is 35.6 Å². The van der Waals surface area contributed by atoms with E-state index >= 15 is 0 Å². The largest absolute Gasteiger partial charge is 0.352 e. The molecule has 1 aromatic carbocycles. The highest BCUT2D eigenvalue weighted by atomic mass is 35.5. The van der Waals surface area contributed by atoms with Gasteiger partial charge in [0.15, 0.2) is 0 Å². The molecule has 1 saturated heterocycles. The first-order valence-corrected chi connectivity index (χ1v) is 6.40. The van der Waals surface area contributed by atoms with E-state index in [0.29, 0.717) is 11.5 Å².